The molecule has 2 aromatic carbocycles. The van der Waals surface area contributed by atoms with E-state index in [1.54, 1.807) is 7.11 Å². The van der Waals surface area contributed by atoms with Crippen molar-refractivity contribution in [3.05, 3.63) is 70.8 Å². The quantitative estimate of drug-likeness (QED) is 0.411. The molecule has 0 saturated carbocycles. The zero-order chi connectivity index (χ0) is 22.7. The molecule has 32 heavy (non-hydrogen) atoms. The third-order valence-corrected chi connectivity index (χ3v) is 7.16. The lowest BCUT2D eigenvalue weighted by atomic mass is 10.1. The third-order valence-electron chi connectivity index (χ3n) is 5.26. The minimum absolute atomic E-state index is 0.0823. The zero-order valence-corrected chi connectivity index (χ0v) is 18.1. The summed E-state index contributed by atoms with van der Waals surface area (Å²) in [6.07, 6.45) is 0. The molecule has 10 nitrogen and oxygen atoms in total. The Morgan fingerprint density at radius 2 is 1.72 bits per heavy atom. The van der Waals surface area contributed by atoms with Crippen LogP contribution in [0, 0.1) is 10.1 Å². The maximum atomic E-state index is 12.9. The smallest absolute Gasteiger partial charge is 0.270 e. The summed E-state index contributed by atoms with van der Waals surface area (Å²) in [5.74, 6) is 1.35. The van der Waals surface area contributed by atoms with Crippen LogP contribution < -0.4 is 9.64 Å². The third kappa shape index (κ3) is 4.25. The molecular formula is C21H21N5O5S. The van der Waals surface area contributed by atoms with Gasteiger partial charge in [-0.05, 0) is 30.3 Å². The fourth-order valence-electron chi connectivity index (χ4n) is 3.56. The molecule has 1 fully saturated rings. The minimum Gasteiger partial charge on any atom is -0.496 e. The van der Waals surface area contributed by atoms with E-state index in [9.17, 15) is 18.5 Å². The number of nitrogens with zero attached hydrogens (tertiary/aromatic N) is 5. The van der Waals surface area contributed by atoms with Crippen molar-refractivity contribution in [2.75, 3.05) is 38.2 Å². The Labute approximate surface area is 185 Å². The van der Waals surface area contributed by atoms with Crippen LogP contribution in [-0.2, 0) is 10.0 Å². The number of anilines is 1. The lowest BCUT2D eigenvalue weighted by molar-refractivity contribution is -0.385. The number of para-hydroxylation sites is 1. The Bertz CT molecular complexity index is 1230. The summed E-state index contributed by atoms with van der Waals surface area (Å²) in [4.78, 5) is 12.2. The van der Waals surface area contributed by atoms with Gasteiger partial charge in [-0.1, -0.05) is 18.2 Å². The molecule has 0 radical (unpaired) electrons. The second-order valence-electron chi connectivity index (χ2n) is 7.12. The molecule has 166 valence electrons. The van der Waals surface area contributed by atoms with Crippen molar-refractivity contribution in [2.24, 2.45) is 0 Å². The topological polar surface area (TPSA) is 119 Å². The molecular weight excluding hydrogens is 434 g/mol. The van der Waals surface area contributed by atoms with Gasteiger partial charge >= 0.3 is 0 Å². The van der Waals surface area contributed by atoms with Crippen LogP contribution in [0.2, 0.25) is 0 Å². The lowest BCUT2D eigenvalue weighted by Crippen LogP contribution is -2.49. The van der Waals surface area contributed by atoms with Crippen molar-refractivity contribution in [3.63, 3.8) is 0 Å². The van der Waals surface area contributed by atoms with Crippen LogP contribution in [-0.4, -0.2) is 61.1 Å². The molecule has 4 rings (SSSR count). The first-order chi connectivity index (χ1) is 15.4. The summed E-state index contributed by atoms with van der Waals surface area (Å²) in [6.45, 7) is 1.33. The first kappa shape index (κ1) is 21.7. The number of aromatic nitrogens is 2. The second kappa shape index (κ2) is 8.89. The fourth-order valence-corrected chi connectivity index (χ4v) is 5.02. The molecule has 1 aromatic heterocycles. The molecule has 0 unspecified atom stereocenters. The highest BCUT2D eigenvalue weighted by Crippen LogP contribution is 2.28. The van der Waals surface area contributed by atoms with E-state index < -0.39 is 14.9 Å². The molecule has 0 spiro atoms. The van der Waals surface area contributed by atoms with Gasteiger partial charge in [-0.15, -0.1) is 10.2 Å². The van der Waals surface area contributed by atoms with Crippen LogP contribution in [0.1, 0.15) is 0 Å². The second-order valence-corrected chi connectivity index (χ2v) is 9.06. The maximum Gasteiger partial charge on any atom is 0.270 e. The summed E-state index contributed by atoms with van der Waals surface area (Å²) < 4.78 is 32.5. The normalized spacial score (nSPS) is 14.8. The van der Waals surface area contributed by atoms with Crippen LogP contribution in [0.25, 0.3) is 11.3 Å². The van der Waals surface area contributed by atoms with Gasteiger partial charge in [0, 0.05) is 43.9 Å². The number of sulfonamides is 1. The molecule has 3 aromatic rings. The fraction of sp³-hybridized carbons (Fsp3) is 0.238. The minimum atomic E-state index is -3.82. The van der Waals surface area contributed by atoms with Gasteiger partial charge in [0.15, 0.2) is 5.82 Å². The number of rotatable bonds is 6. The Hall–Kier alpha value is -3.57. The summed E-state index contributed by atoms with van der Waals surface area (Å²) in [7, 11) is -2.22. The first-order valence-electron chi connectivity index (χ1n) is 9.87. The molecule has 11 heteroatoms. The number of benzene rings is 2. The highest BCUT2D eigenvalue weighted by atomic mass is 32.2. The van der Waals surface area contributed by atoms with Gasteiger partial charge in [0.1, 0.15) is 5.75 Å². The lowest BCUT2D eigenvalue weighted by Gasteiger charge is -2.34. The van der Waals surface area contributed by atoms with Crippen LogP contribution in [0.3, 0.4) is 0 Å². The number of hydrogen-bond donors (Lipinski definition) is 0. The van der Waals surface area contributed by atoms with Crippen molar-refractivity contribution in [1.82, 2.24) is 14.5 Å². The van der Waals surface area contributed by atoms with Crippen molar-refractivity contribution in [2.45, 2.75) is 4.90 Å². The standard InChI is InChI=1S/C21H21N5O5S/c1-31-20-8-3-2-7-18(20)19-9-10-21(23-22-19)24-11-13-25(14-12-24)32(29,30)17-6-4-5-16(15-17)26(27)28/h2-10,15H,11-14H2,1H3. The average Bonchev–Trinajstić information content (AvgIpc) is 2.84. The number of nitro benzene ring substituents is 1. The Balaban J connectivity index is 1.46. The Morgan fingerprint density at radius 3 is 2.38 bits per heavy atom. The molecule has 0 atom stereocenters. The van der Waals surface area contributed by atoms with E-state index in [0.29, 0.717) is 30.4 Å². The van der Waals surface area contributed by atoms with E-state index in [4.69, 9.17) is 4.74 Å². The maximum absolute atomic E-state index is 12.9. The van der Waals surface area contributed by atoms with Gasteiger partial charge < -0.3 is 9.64 Å². The molecule has 1 saturated heterocycles. The van der Waals surface area contributed by atoms with Gasteiger partial charge in [0.25, 0.3) is 5.69 Å². The van der Waals surface area contributed by atoms with Crippen molar-refractivity contribution >= 4 is 21.5 Å². The number of piperazine rings is 1. The van der Waals surface area contributed by atoms with E-state index in [1.165, 1.54) is 22.5 Å². The number of ether oxygens (including phenoxy) is 1. The van der Waals surface area contributed by atoms with Crippen LogP contribution in [0.4, 0.5) is 11.5 Å². The first-order valence-corrected chi connectivity index (χ1v) is 11.3. The highest BCUT2D eigenvalue weighted by molar-refractivity contribution is 7.89. The molecule has 1 aliphatic rings. The van der Waals surface area contributed by atoms with Crippen molar-refractivity contribution in [3.8, 4) is 17.0 Å². The van der Waals surface area contributed by atoms with E-state index in [-0.39, 0.29) is 23.7 Å². The molecule has 0 bridgehead atoms. The van der Waals surface area contributed by atoms with E-state index in [1.807, 2.05) is 41.3 Å². The number of hydrogen-bond acceptors (Lipinski definition) is 8. The van der Waals surface area contributed by atoms with Gasteiger partial charge in [-0.2, -0.15) is 4.31 Å². The summed E-state index contributed by atoms with van der Waals surface area (Å²) in [5, 5.41) is 19.6. The Morgan fingerprint density at radius 1 is 0.969 bits per heavy atom. The number of methoxy groups -OCH3 is 1. The van der Waals surface area contributed by atoms with Crippen LogP contribution in [0.15, 0.2) is 65.6 Å². The summed E-state index contributed by atoms with van der Waals surface area (Å²) in [6, 6.07) is 16.3. The monoisotopic (exact) mass is 455 g/mol. The van der Waals surface area contributed by atoms with Gasteiger partial charge in [0.2, 0.25) is 10.0 Å². The SMILES string of the molecule is COc1ccccc1-c1ccc(N2CCN(S(=O)(=O)c3cccc([N+](=O)[O-])c3)CC2)nn1. The molecule has 1 aliphatic heterocycles. The predicted octanol–water partition coefficient (Wildman–Crippen LogP) is 2.57. The highest BCUT2D eigenvalue weighted by Gasteiger charge is 2.30. The number of non-ortho nitro benzene ring substituents is 1. The van der Waals surface area contributed by atoms with E-state index in [0.717, 1.165) is 11.6 Å². The van der Waals surface area contributed by atoms with Crippen LogP contribution >= 0.6 is 0 Å². The van der Waals surface area contributed by atoms with Gasteiger partial charge in [-0.25, -0.2) is 8.42 Å². The predicted molar refractivity (Wildman–Crippen MR) is 118 cm³/mol. The van der Waals surface area contributed by atoms with E-state index in [2.05, 4.69) is 10.2 Å². The van der Waals surface area contributed by atoms with Crippen molar-refractivity contribution in [1.29, 1.82) is 0 Å². The number of nitro groups is 1. The zero-order valence-electron chi connectivity index (χ0n) is 17.3. The van der Waals surface area contributed by atoms with Crippen LogP contribution in [0.5, 0.6) is 5.75 Å². The summed E-state index contributed by atoms with van der Waals surface area (Å²) >= 11 is 0. The molecule has 2 heterocycles. The molecule has 0 aliphatic carbocycles. The van der Waals surface area contributed by atoms with Gasteiger partial charge in [-0.3, -0.25) is 10.1 Å². The molecule has 0 N–H and O–H groups in total. The summed E-state index contributed by atoms with van der Waals surface area (Å²) in [5.41, 5.74) is 1.26. The molecule has 0 amide bonds. The van der Waals surface area contributed by atoms with Gasteiger partial charge in [0.05, 0.1) is 22.6 Å². The van der Waals surface area contributed by atoms with Crippen molar-refractivity contribution < 1.29 is 18.1 Å². The average molecular weight is 455 g/mol. The Kier molecular flexibility index (Phi) is 6.01. The largest absolute Gasteiger partial charge is 0.496 e. The van der Waals surface area contributed by atoms with E-state index >= 15 is 0 Å².